The molecule has 0 bridgehead atoms. The highest BCUT2D eigenvalue weighted by atomic mass is 19.3. The van der Waals surface area contributed by atoms with Gasteiger partial charge >= 0.3 is 0 Å². The normalized spacial score (nSPS) is 12.9. The van der Waals surface area contributed by atoms with E-state index in [1.807, 2.05) is 0 Å². The molecule has 84 valence electrons. The van der Waals surface area contributed by atoms with Gasteiger partial charge in [0.15, 0.2) is 0 Å². The Labute approximate surface area is 85.8 Å². The van der Waals surface area contributed by atoms with Crippen LogP contribution in [0, 0.1) is 5.82 Å². The second kappa shape index (κ2) is 5.02. The zero-order valence-corrected chi connectivity index (χ0v) is 8.21. The van der Waals surface area contributed by atoms with Crippen LogP contribution in [0.15, 0.2) is 18.2 Å². The van der Waals surface area contributed by atoms with Crippen molar-refractivity contribution >= 4 is 0 Å². The van der Waals surface area contributed by atoms with Crippen LogP contribution in [0.3, 0.4) is 0 Å². The summed E-state index contributed by atoms with van der Waals surface area (Å²) in [7, 11) is 1.41. The van der Waals surface area contributed by atoms with Gasteiger partial charge in [-0.2, -0.15) is 0 Å². The van der Waals surface area contributed by atoms with E-state index in [4.69, 9.17) is 10.5 Å². The minimum absolute atomic E-state index is 0.0506. The highest BCUT2D eigenvalue weighted by Crippen LogP contribution is 2.24. The molecule has 0 saturated carbocycles. The standard InChI is InChI=1S/C10H12F3NO/c1-15-6-2-3-8(11)7(4-6)9(14)5-10(12)13/h2-4,9-10H,5,14H2,1H3/t9-/m0/s1. The van der Waals surface area contributed by atoms with Crippen LogP contribution < -0.4 is 10.5 Å². The number of nitrogens with two attached hydrogens (primary N) is 1. The Morgan fingerprint density at radius 2 is 2.07 bits per heavy atom. The molecule has 1 rings (SSSR count). The van der Waals surface area contributed by atoms with Gasteiger partial charge in [-0.25, -0.2) is 13.2 Å². The molecule has 0 saturated heterocycles. The first-order chi connectivity index (χ1) is 7.04. The van der Waals surface area contributed by atoms with Crippen molar-refractivity contribution in [1.29, 1.82) is 0 Å². The number of hydrogen-bond donors (Lipinski definition) is 1. The van der Waals surface area contributed by atoms with Crippen molar-refractivity contribution in [2.75, 3.05) is 7.11 Å². The van der Waals surface area contributed by atoms with Gasteiger partial charge in [-0.15, -0.1) is 0 Å². The lowest BCUT2D eigenvalue weighted by atomic mass is 10.0. The monoisotopic (exact) mass is 219 g/mol. The highest BCUT2D eigenvalue weighted by Gasteiger charge is 2.17. The molecule has 0 aliphatic heterocycles. The summed E-state index contributed by atoms with van der Waals surface area (Å²) in [6, 6.07) is 2.88. The minimum atomic E-state index is -2.55. The number of halogens is 3. The van der Waals surface area contributed by atoms with Crippen molar-refractivity contribution < 1.29 is 17.9 Å². The maximum absolute atomic E-state index is 13.2. The molecule has 0 aliphatic rings. The number of benzene rings is 1. The Hall–Kier alpha value is -1.23. The minimum Gasteiger partial charge on any atom is -0.497 e. The van der Waals surface area contributed by atoms with Gasteiger partial charge in [0.1, 0.15) is 11.6 Å². The first-order valence-corrected chi connectivity index (χ1v) is 4.41. The average Bonchev–Trinajstić information content (AvgIpc) is 2.17. The summed E-state index contributed by atoms with van der Waals surface area (Å²) in [6.07, 6.45) is -3.12. The maximum atomic E-state index is 13.2. The Kier molecular flexibility index (Phi) is 3.96. The maximum Gasteiger partial charge on any atom is 0.240 e. The van der Waals surface area contributed by atoms with Crippen LogP contribution in [0.5, 0.6) is 5.75 Å². The van der Waals surface area contributed by atoms with Crippen molar-refractivity contribution in [1.82, 2.24) is 0 Å². The zero-order chi connectivity index (χ0) is 11.4. The van der Waals surface area contributed by atoms with E-state index in [-0.39, 0.29) is 5.56 Å². The van der Waals surface area contributed by atoms with Crippen LogP contribution >= 0.6 is 0 Å². The quantitative estimate of drug-likeness (QED) is 0.844. The van der Waals surface area contributed by atoms with Gasteiger partial charge in [0.05, 0.1) is 7.11 Å². The van der Waals surface area contributed by atoms with E-state index in [1.165, 1.54) is 19.2 Å². The third-order valence-electron chi connectivity index (χ3n) is 2.03. The molecule has 2 N–H and O–H groups in total. The Morgan fingerprint density at radius 3 is 2.60 bits per heavy atom. The zero-order valence-electron chi connectivity index (χ0n) is 8.21. The summed E-state index contributed by atoms with van der Waals surface area (Å²) in [6.45, 7) is 0. The van der Waals surface area contributed by atoms with Gasteiger partial charge in [0.25, 0.3) is 0 Å². The number of hydrogen-bond acceptors (Lipinski definition) is 2. The summed E-state index contributed by atoms with van der Waals surface area (Å²) in [5.74, 6) is -0.194. The van der Waals surface area contributed by atoms with Gasteiger partial charge in [0, 0.05) is 18.0 Å². The average molecular weight is 219 g/mol. The molecule has 0 heterocycles. The second-order valence-corrected chi connectivity index (χ2v) is 3.12. The Bertz CT molecular complexity index is 330. The number of rotatable bonds is 4. The van der Waals surface area contributed by atoms with Crippen molar-refractivity contribution in [3.05, 3.63) is 29.6 Å². The van der Waals surface area contributed by atoms with Crippen molar-refractivity contribution in [2.45, 2.75) is 18.9 Å². The fourth-order valence-corrected chi connectivity index (χ4v) is 1.25. The Balaban J connectivity index is 2.91. The van der Waals surface area contributed by atoms with Gasteiger partial charge in [-0.3, -0.25) is 0 Å². The highest BCUT2D eigenvalue weighted by molar-refractivity contribution is 5.31. The molecule has 15 heavy (non-hydrogen) atoms. The lowest BCUT2D eigenvalue weighted by molar-refractivity contribution is 0.128. The van der Waals surface area contributed by atoms with E-state index in [2.05, 4.69) is 0 Å². The van der Waals surface area contributed by atoms with Crippen LogP contribution in [0.1, 0.15) is 18.0 Å². The predicted octanol–water partition coefficient (Wildman–Crippen LogP) is 2.49. The summed E-state index contributed by atoms with van der Waals surface area (Å²) < 4.78 is 42.2. The van der Waals surface area contributed by atoms with E-state index in [0.717, 1.165) is 6.07 Å². The third kappa shape index (κ3) is 3.13. The smallest absolute Gasteiger partial charge is 0.240 e. The summed E-state index contributed by atoms with van der Waals surface area (Å²) in [5.41, 5.74) is 5.50. The summed E-state index contributed by atoms with van der Waals surface area (Å²) >= 11 is 0. The molecular weight excluding hydrogens is 207 g/mol. The SMILES string of the molecule is COc1ccc(F)c([C@@H](N)CC(F)F)c1. The summed E-state index contributed by atoms with van der Waals surface area (Å²) in [5, 5.41) is 0. The largest absolute Gasteiger partial charge is 0.497 e. The van der Waals surface area contributed by atoms with E-state index in [1.54, 1.807) is 0 Å². The van der Waals surface area contributed by atoms with E-state index < -0.39 is 24.7 Å². The molecule has 0 fully saturated rings. The van der Waals surface area contributed by atoms with E-state index in [0.29, 0.717) is 5.75 Å². The fraction of sp³-hybridized carbons (Fsp3) is 0.400. The van der Waals surface area contributed by atoms with Gasteiger partial charge in [-0.1, -0.05) is 0 Å². The van der Waals surface area contributed by atoms with Gasteiger partial charge < -0.3 is 10.5 Å². The predicted molar refractivity (Wildman–Crippen MR) is 50.5 cm³/mol. The molecule has 0 spiro atoms. The second-order valence-electron chi connectivity index (χ2n) is 3.12. The van der Waals surface area contributed by atoms with Crippen LogP contribution in [0.2, 0.25) is 0 Å². The third-order valence-corrected chi connectivity index (χ3v) is 2.03. The molecule has 0 radical (unpaired) electrons. The molecule has 0 unspecified atom stereocenters. The lowest BCUT2D eigenvalue weighted by Gasteiger charge is -2.13. The van der Waals surface area contributed by atoms with Crippen molar-refractivity contribution in [2.24, 2.45) is 5.73 Å². The van der Waals surface area contributed by atoms with Gasteiger partial charge in [-0.05, 0) is 18.2 Å². The number of methoxy groups -OCH3 is 1. The van der Waals surface area contributed by atoms with E-state index >= 15 is 0 Å². The first-order valence-electron chi connectivity index (χ1n) is 4.41. The molecule has 5 heteroatoms. The number of alkyl halides is 2. The van der Waals surface area contributed by atoms with Crippen molar-refractivity contribution in [3.8, 4) is 5.75 Å². The van der Waals surface area contributed by atoms with Crippen LogP contribution in [0.25, 0.3) is 0 Å². The fourth-order valence-electron chi connectivity index (χ4n) is 1.25. The molecule has 1 atom stereocenters. The van der Waals surface area contributed by atoms with E-state index in [9.17, 15) is 13.2 Å². The summed E-state index contributed by atoms with van der Waals surface area (Å²) in [4.78, 5) is 0. The molecule has 1 aromatic carbocycles. The lowest BCUT2D eigenvalue weighted by Crippen LogP contribution is -2.15. The first kappa shape index (κ1) is 11.8. The Morgan fingerprint density at radius 1 is 1.40 bits per heavy atom. The van der Waals surface area contributed by atoms with Crippen molar-refractivity contribution in [3.63, 3.8) is 0 Å². The molecular formula is C10H12F3NO. The topological polar surface area (TPSA) is 35.2 Å². The van der Waals surface area contributed by atoms with Crippen LogP contribution in [-0.2, 0) is 0 Å². The molecule has 0 aromatic heterocycles. The van der Waals surface area contributed by atoms with Gasteiger partial charge in [0.2, 0.25) is 6.43 Å². The number of ether oxygens (including phenoxy) is 1. The molecule has 0 amide bonds. The van der Waals surface area contributed by atoms with Crippen LogP contribution in [0.4, 0.5) is 13.2 Å². The molecule has 0 aliphatic carbocycles. The molecule has 2 nitrogen and oxygen atoms in total. The van der Waals surface area contributed by atoms with Crippen LogP contribution in [-0.4, -0.2) is 13.5 Å². The molecule has 1 aromatic rings.